The van der Waals surface area contributed by atoms with E-state index >= 15 is 0 Å². The third kappa shape index (κ3) is 6.14. The second-order valence-corrected chi connectivity index (χ2v) is 7.84. The van der Waals surface area contributed by atoms with E-state index in [2.05, 4.69) is 5.32 Å². The van der Waals surface area contributed by atoms with Crippen molar-refractivity contribution in [2.75, 3.05) is 31.3 Å². The molecule has 1 fully saturated rings. The molecule has 1 heterocycles. The number of nitro groups is 1. The van der Waals surface area contributed by atoms with Crippen molar-refractivity contribution in [1.29, 1.82) is 0 Å². The number of nitrogens with one attached hydrogen (secondary N) is 1. The van der Waals surface area contributed by atoms with E-state index in [1.807, 2.05) is 6.92 Å². The van der Waals surface area contributed by atoms with Crippen LogP contribution in [-0.2, 0) is 14.2 Å². The number of nitro benzene ring substituents is 1. The van der Waals surface area contributed by atoms with E-state index in [9.17, 15) is 19.7 Å². The summed E-state index contributed by atoms with van der Waals surface area (Å²) in [6.45, 7) is 8.18. The zero-order valence-electron chi connectivity index (χ0n) is 17.8. The number of amides is 2. The van der Waals surface area contributed by atoms with Crippen LogP contribution in [-0.4, -0.2) is 49.1 Å². The zero-order chi connectivity index (χ0) is 22.3. The number of anilines is 1. The van der Waals surface area contributed by atoms with Gasteiger partial charge in [-0.25, -0.2) is 9.59 Å². The Morgan fingerprint density at radius 1 is 1.33 bits per heavy atom. The minimum Gasteiger partial charge on any atom is -0.449 e. The van der Waals surface area contributed by atoms with E-state index in [0.29, 0.717) is 30.0 Å². The predicted octanol–water partition coefficient (Wildman–Crippen LogP) is 3.93. The topological polar surface area (TPSA) is 120 Å². The number of morpholine rings is 1. The number of para-hydroxylation sites is 1. The number of imide groups is 1. The zero-order valence-corrected chi connectivity index (χ0v) is 17.8. The molecule has 0 bridgehead atoms. The highest BCUT2D eigenvalue weighted by Gasteiger charge is 2.37. The lowest BCUT2D eigenvalue weighted by Crippen LogP contribution is -2.42. The fourth-order valence-corrected chi connectivity index (χ4v) is 2.92. The number of carbonyl (C=O) groups is 2. The summed E-state index contributed by atoms with van der Waals surface area (Å²) >= 11 is 0. The smallest absolute Gasteiger partial charge is 0.424 e. The highest BCUT2D eigenvalue weighted by atomic mass is 16.6. The molecule has 10 heteroatoms. The molecule has 0 aliphatic carbocycles. The number of nitrogens with zero attached hydrogens (tertiary/aromatic N) is 2. The lowest BCUT2D eigenvalue weighted by Gasteiger charge is -2.27. The van der Waals surface area contributed by atoms with Crippen LogP contribution in [0.4, 0.5) is 21.0 Å². The van der Waals surface area contributed by atoms with Crippen LogP contribution in [0, 0.1) is 10.1 Å². The van der Waals surface area contributed by atoms with Gasteiger partial charge in [-0.3, -0.25) is 10.1 Å². The SMILES string of the molecule is CCCCOC(=O)N(C(=O)OC(C)(C)C)c1cccc(C2COCCN2)c1[N+](=O)[O-]. The van der Waals surface area contributed by atoms with E-state index in [4.69, 9.17) is 14.2 Å². The van der Waals surface area contributed by atoms with Gasteiger partial charge in [0.05, 0.1) is 36.3 Å². The van der Waals surface area contributed by atoms with Gasteiger partial charge in [0, 0.05) is 6.54 Å². The quantitative estimate of drug-likeness (QED) is 0.415. The Morgan fingerprint density at radius 2 is 2.07 bits per heavy atom. The van der Waals surface area contributed by atoms with Crippen LogP contribution in [0.2, 0.25) is 0 Å². The van der Waals surface area contributed by atoms with Crippen molar-refractivity contribution in [3.05, 3.63) is 33.9 Å². The number of carbonyl (C=O) groups excluding carboxylic acids is 2. The minimum atomic E-state index is -1.04. The molecule has 1 N–H and O–H groups in total. The van der Waals surface area contributed by atoms with E-state index in [1.54, 1.807) is 32.9 Å². The molecule has 1 aliphatic heterocycles. The van der Waals surface area contributed by atoms with Gasteiger partial charge in [0.25, 0.3) is 5.69 Å². The number of rotatable bonds is 6. The largest absolute Gasteiger partial charge is 0.449 e. The standard InChI is InChI=1S/C20H29N3O7/c1-5-6-11-29-18(24)22(19(25)30-20(2,3)4)16-9-7-8-14(17(16)23(26)27)15-13-28-12-10-21-15/h7-9,15,21H,5-6,10-13H2,1-4H3. The summed E-state index contributed by atoms with van der Waals surface area (Å²) in [5.41, 5.74) is -1.18. The van der Waals surface area contributed by atoms with Gasteiger partial charge in [-0.05, 0) is 33.3 Å². The van der Waals surface area contributed by atoms with Crippen molar-refractivity contribution >= 4 is 23.6 Å². The van der Waals surface area contributed by atoms with Crippen molar-refractivity contribution in [2.45, 2.75) is 52.2 Å². The van der Waals surface area contributed by atoms with E-state index in [1.165, 1.54) is 6.07 Å². The molecule has 166 valence electrons. The molecule has 0 spiro atoms. The first kappa shape index (κ1) is 23.6. The first-order valence-electron chi connectivity index (χ1n) is 9.94. The maximum Gasteiger partial charge on any atom is 0.424 e. The van der Waals surface area contributed by atoms with Crippen molar-refractivity contribution in [3.63, 3.8) is 0 Å². The predicted molar refractivity (Wildman–Crippen MR) is 110 cm³/mol. The molecule has 1 saturated heterocycles. The molecule has 1 aromatic rings. The molecule has 1 atom stereocenters. The van der Waals surface area contributed by atoms with Crippen LogP contribution in [0.5, 0.6) is 0 Å². The Morgan fingerprint density at radius 3 is 2.63 bits per heavy atom. The van der Waals surface area contributed by atoms with Gasteiger partial charge in [-0.2, -0.15) is 4.90 Å². The fraction of sp³-hybridized carbons (Fsp3) is 0.600. The van der Waals surface area contributed by atoms with E-state index in [0.717, 1.165) is 6.42 Å². The van der Waals surface area contributed by atoms with Crippen LogP contribution in [0.3, 0.4) is 0 Å². The maximum atomic E-state index is 12.8. The van der Waals surface area contributed by atoms with Gasteiger partial charge < -0.3 is 19.5 Å². The fourth-order valence-electron chi connectivity index (χ4n) is 2.92. The number of hydrogen-bond acceptors (Lipinski definition) is 8. The summed E-state index contributed by atoms with van der Waals surface area (Å²) in [5.74, 6) is 0. The average Bonchev–Trinajstić information content (AvgIpc) is 2.67. The van der Waals surface area contributed by atoms with Gasteiger partial charge in [0.2, 0.25) is 0 Å². The number of benzene rings is 1. The van der Waals surface area contributed by atoms with Crippen molar-refractivity contribution in [2.24, 2.45) is 0 Å². The van der Waals surface area contributed by atoms with Crippen molar-refractivity contribution < 1.29 is 28.7 Å². The van der Waals surface area contributed by atoms with Crippen LogP contribution in [0.25, 0.3) is 0 Å². The monoisotopic (exact) mass is 423 g/mol. The maximum absolute atomic E-state index is 12.8. The lowest BCUT2D eigenvalue weighted by molar-refractivity contribution is -0.385. The Labute approximate surface area is 175 Å². The summed E-state index contributed by atoms with van der Waals surface area (Å²) in [7, 11) is 0. The third-order valence-electron chi connectivity index (χ3n) is 4.25. The molecule has 1 aliphatic rings. The number of ether oxygens (including phenoxy) is 3. The first-order chi connectivity index (χ1) is 14.2. The Hall–Kier alpha value is -2.72. The average molecular weight is 423 g/mol. The van der Waals surface area contributed by atoms with Crippen molar-refractivity contribution in [1.82, 2.24) is 5.32 Å². The van der Waals surface area contributed by atoms with Crippen LogP contribution in [0.1, 0.15) is 52.1 Å². The third-order valence-corrected chi connectivity index (χ3v) is 4.25. The first-order valence-corrected chi connectivity index (χ1v) is 9.94. The molecule has 30 heavy (non-hydrogen) atoms. The number of hydrogen-bond donors (Lipinski definition) is 1. The van der Waals surface area contributed by atoms with Gasteiger partial charge in [0.1, 0.15) is 11.3 Å². The summed E-state index contributed by atoms with van der Waals surface area (Å²) in [5, 5.41) is 15.1. The molecule has 2 rings (SSSR count). The highest BCUT2D eigenvalue weighted by Crippen LogP contribution is 2.37. The normalized spacial score (nSPS) is 16.6. The van der Waals surface area contributed by atoms with Crippen molar-refractivity contribution in [3.8, 4) is 0 Å². The molecule has 0 saturated carbocycles. The molecule has 10 nitrogen and oxygen atoms in total. The molecule has 0 aromatic heterocycles. The van der Waals surface area contributed by atoms with E-state index < -0.39 is 28.8 Å². The van der Waals surface area contributed by atoms with Gasteiger partial charge in [0.15, 0.2) is 0 Å². The van der Waals surface area contributed by atoms with Crippen LogP contribution < -0.4 is 10.2 Å². The molecule has 0 radical (unpaired) electrons. The van der Waals surface area contributed by atoms with Gasteiger partial charge in [-0.15, -0.1) is 0 Å². The molecule has 1 aromatic carbocycles. The Balaban J connectivity index is 2.51. The summed E-state index contributed by atoms with van der Waals surface area (Å²) < 4.78 is 15.9. The summed E-state index contributed by atoms with van der Waals surface area (Å²) in [6.07, 6.45) is -0.690. The molecular formula is C20H29N3O7. The van der Waals surface area contributed by atoms with Gasteiger partial charge >= 0.3 is 12.2 Å². The van der Waals surface area contributed by atoms with Gasteiger partial charge in [-0.1, -0.05) is 25.5 Å². The summed E-state index contributed by atoms with van der Waals surface area (Å²) in [4.78, 5) is 37.5. The Bertz CT molecular complexity index is 770. The minimum absolute atomic E-state index is 0.0835. The lowest BCUT2D eigenvalue weighted by atomic mass is 10.0. The second-order valence-electron chi connectivity index (χ2n) is 7.84. The van der Waals surface area contributed by atoms with Crippen LogP contribution in [0.15, 0.2) is 18.2 Å². The second kappa shape index (κ2) is 10.4. The molecular weight excluding hydrogens is 394 g/mol. The Kier molecular flexibility index (Phi) is 8.13. The molecule has 2 amide bonds. The van der Waals surface area contributed by atoms with E-state index in [-0.39, 0.29) is 24.6 Å². The highest BCUT2D eigenvalue weighted by molar-refractivity contribution is 6.11. The number of unbranched alkanes of at least 4 members (excludes halogenated alkanes) is 1. The molecule has 1 unspecified atom stereocenters. The van der Waals surface area contributed by atoms with Crippen LogP contribution >= 0.6 is 0 Å². The summed E-state index contributed by atoms with van der Waals surface area (Å²) in [6, 6.07) is 4.00.